The predicted octanol–water partition coefficient (Wildman–Crippen LogP) is 1.44. The SMILES string of the molecule is CN1CCCC(Nc2cccc(S(=O)(=O)N(C)C)c2)C1. The molecular weight excluding hydrogens is 274 g/mol. The van der Waals surface area contributed by atoms with Gasteiger partial charge < -0.3 is 10.2 Å². The van der Waals surface area contributed by atoms with E-state index in [1.54, 1.807) is 32.3 Å². The molecule has 1 N–H and O–H groups in total. The molecule has 1 saturated heterocycles. The first kappa shape index (κ1) is 15.3. The third kappa shape index (κ3) is 3.50. The van der Waals surface area contributed by atoms with E-state index in [4.69, 9.17) is 0 Å². The summed E-state index contributed by atoms with van der Waals surface area (Å²) in [7, 11) is 1.84. The van der Waals surface area contributed by atoms with Crippen LogP contribution in [-0.2, 0) is 10.0 Å². The first-order valence-corrected chi connectivity index (χ1v) is 8.31. The maximum absolute atomic E-state index is 12.1. The molecule has 5 nitrogen and oxygen atoms in total. The fourth-order valence-electron chi connectivity index (χ4n) is 2.48. The molecule has 1 aromatic rings. The van der Waals surface area contributed by atoms with Gasteiger partial charge in [0.05, 0.1) is 4.90 Å². The Morgan fingerprint density at radius 2 is 2.10 bits per heavy atom. The summed E-state index contributed by atoms with van der Waals surface area (Å²) < 4.78 is 25.5. The molecular formula is C14H23N3O2S. The number of anilines is 1. The van der Waals surface area contributed by atoms with Gasteiger partial charge in [-0.1, -0.05) is 6.07 Å². The van der Waals surface area contributed by atoms with E-state index in [1.807, 2.05) is 6.07 Å². The fourth-order valence-corrected chi connectivity index (χ4v) is 3.43. The lowest BCUT2D eigenvalue weighted by molar-refractivity contribution is 0.261. The van der Waals surface area contributed by atoms with Crippen molar-refractivity contribution in [2.45, 2.75) is 23.8 Å². The standard InChI is InChI=1S/C14H23N3O2S/c1-16(2)20(18,19)14-8-4-6-12(10-14)15-13-7-5-9-17(3)11-13/h4,6,8,10,13,15H,5,7,9,11H2,1-3H3. The van der Waals surface area contributed by atoms with Crippen LogP contribution < -0.4 is 5.32 Å². The third-order valence-electron chi connectivity index (χ3n) is 3.61. The highest BCUT2D eigenvalue weighted by Crippen LogP contribution is 2.20. The second-order valence-corrected chi connectivity index (χ2v) is 7.71. The molecule has 0 spiro atoms. The van der Waals surface area contributed by atoms with Crippen molar-refractivity contribution >= 4 is 15.7 Å². The number of hydrogen-bond acceptors (Lipinski definition) is 4. The van der Waals surface area contributed by atoms with Crippen LogP contribution in [0.4, 0.5) is 5.69 Å². The highest BCUT2D eigenvalue weighted by atomic mass is 32.2. The van der Waals surface area contributed by atoms with Crippen molar-refractivity contribution in [3.05, 3.63) is 24.3 Å². The van der Waals surface area contributed by atoms with E-state index in [9.17, 15) is 8.42 Å². The minimum absolute atomic E-state index is 0.330. The van der Waals surface area contributed by atoms with Gasteiger partial charge in [0.2, 0.25) is 10.0 Å². The molecule has 0 radical (unpaired) electrons. The van der Waals surface area contributed by atoms with E-state index in [1.165, 1.54) is 10.7 Å². The van der Waals surface area contributed by atoms with E-state index in [0.29, 0.717) is 10.9 Å². The van der Waals surface area contributed by atoms with Crippen LogP contribution in [0.2, 0.25) is 0 Å². The zero-order valence-electron chi connectivity index (χ0n) is 12.3. The Balaban J connectivity index is 2.14. The van der Waals surface area contributed by atoms with Crippen LogP contribution >= 0.6 is 0 Å². The van der Waals surface area contributed by atoms with Crippen molar-refractivity contribution < 1.29 is 8.42 Å². The second-order valence-electron chi connectivity index (χ2n) is 5.56. The highest BCUT2D eigenvalue weighted by molar-refractivity contribution is 7.89. The number of hydrogen-bond donors (Lipinski definition) is 1. The fraction of sp³-hybridized carbons (Fsp3) is 0.571. The smallest absolute Gasteiger partial charge is 0.242 e. The van der Waals surface area contributed by atoms with Gasteiger partial charge in [0.25, 0.3) is 0 Å². The first-order valence-electron chi connectivity index (χ1n) is 6.87. The van der Waals surface area contributed by atoms with Crippen molar-refractivity contribution in [1.29, 1.82) is 0 Å². The molecule has 1 aliphatic heterocycles. The molecule has 0 amide bonds. The van der Waals surface area contributed by atoms with Crippen molar-refractivity contribution in [2.24, 2.45) is 0 Å². The molecule has 1 heterocycles. The van der Waals surface area contributed by atoms with Crippen LogP contribution in [0.3, 0.4) is 0 Å². The Kier molecular flexibility index (Phi) is 4.67. The monoisotopic (exact) mass is 297 g/mol. The lowest BCUT2D eigenvalue weighted by atomic mass is 10.1. The number of benzene rings is 1. The topological polar surface area (TPSA) is 52.7 Å². The predicted molar refractivity (Wildman–Crippen MR) is 81.5 cm³/mol. The highest BCUT2D eigenvalue weighted by Gasteiger charge is 2.19. The molecule has 0 saturated carbocycles. The van der Waals surface area contributed by atoms with Crippen LogP contribution in [0.25, 0.3) is 0 Å². The summed E-state index contributed by atoms with van der Waals surface area (Å²) in [4.78, 5) is 2.62. The molecule has 1 unspecified atom stereocenters. The van der Waals surface area contributed by atoms with Gasteiger partial charge in [-0.2, -0.15) is 0 Å². The second kappa shape index (κ2) is 6.11. The lowest BCUT2D eigenvalue weighted by Gasteiger charge is -2.31. The molecule has 20 heavy (non-hydrogen) atoms. The molecule has 2 rings (SSSR count). The summed E-state index contributed by atoms with van der Waals surface area (Å²) in [5.41, 5.74) is 0.869. The molecule has 1 fully saturated rings. The molecule has 1 atom stereocenters. The van der Waals surface area contributed by atoms with E-state index in [0.717, 1.165) is 25.2 Å². The van der Waals surface area contributed by atoms with E-state index >= 15 is 0 Å². The van der Waals surface area contributed by atoms with Crippen molar-refractivity contribution in [2.75, 3.05) is 39.5 Å². The molecule has 0 aliphatic carbocycles. The van der Waals surface area contributed by atoms with Gasteiger partial charge >= 0.3 is 0 Å². The Morgan fingerprint density at radius 1 is 1.35 bits per heavy atom. The average molecular weight is 297 g/mol. The number of nitrogens with zero attached hydrogens (tertiary/aromatic N) is 2. The van der Waals surface area contributed by atoms with Gasteiger partial charge in [-0.15, -0.1) is 0 Å². The Morgan fingerprint density at radius 3 is 2.75 bits per heavy atom. The third-order valence-corrected chi connectivity index (χ3v) is 5.42. The largest absolute Gasteiger partial charge is 0.381 e. The van der Waals surface area contributed by atoms with Gasteiger partial charge in [-0.3, -0.25) is 0 Å². The van der Waals surface area contributed by atoms with Crippen LogP contribution in [-0.4, -0.2) is 57.9 Å². The minimum atomic E-state index is -3.37. The molecule has 1 aliphatic rings. The summed E-state index contributed by atoms with van der Waals surface area (Å²) in [6.45, 7) is 2.12. The maximum Gasteiger partial charge on any atom is 0.242 e. The number of nitrogens with one attached hydrogen (secondary N) is 1. The lowest BCUT2D eigenvalue weighted by Crippen LogP contribution is -2.39. The van der Waals surface area contributed by atoms with Gasteiger partial charge in [0.1, 0.15) is 0 Å². The zero-order chi connectivity index (χ0) is 14.8. The number of sulfonamides is 1. The summed E-state index contributed by atoms with van der Waals surface area (Å²) >= 11 is 0. The summed E-state index contributed by atoms with van der Waals surface area (Å²) in [6.07, 6.45) is 2.29. The van der Waals surface area contributed by atoms with Gasteiger partial charge in [-0.05, 0) is 44.6 Å². The number of rotatable bonds is 4. The molecule has 112 valence electrons. The van der Waals surface area contributed by atoms with Crippen molar-refractivity contribution in [3.8, 4) is 0 Å². The van der Waals surface area contributed by atoms with E-state index in [-0.39, 0.29) is 0 Å². The van der Waals surface area contributed by atoms with Crippen molar-refractivity contribution in [3.63, 3.8) is 0 Å². The first-order chi connectivity index (χ1) is 9.39. The van der Waals surface area contributed by atoms with Gasteiger partial charge in [0, 0.05) is 32.4 Å². The van der Waals surface area contributed by atoms with Crippen LogP contribution in [0.15, 0.2) is 29.2 Å². The summed E-state index contributed by atoms with van der Waals surface area (Å²) in [6, 6.07) is 7.43. The summed E-state index contributed by atoms with van der Waals surface area (Å²) in [5.74, 6) is 0. The molecule has 0 aromatic heterocycles. The Labute approximate surface area is 121 Å². The number of likely N-dealkylation sites (N-methyl/N-ethyl adjacent to an activating group) is 1. The molecule has 6 heteroatoms. The Bertz CT molecular complexity index is 557. The quantitative estimate of drug-likeness (QED) is 0.914. The molecule has 0 bridgehead atoms. The summed E-state index contributed by atoms with van der Waals surface area (Å²) in [5, 5.41) is 3.44. The van der Waals surface area contributed by atoms with E-state index in [2.05, 4.69) is 17.3 Å². The van der Waals surface area contributed by atoms with Gasteiger partial charge in [0.15, 0.2) is 0 Å². The zero-order valence-corrected chi connectivity index (χ0v) is 13.2. The number of piperidine rings is 1. The van der Waals surface area contributed by atoms with Crippen LogP contribution in [0, 0.1) is 0 Å². The average Bonchev–Trinajstić information content (AvgIpc) is 2.39. The van der Waals surface area contributed by atoms with Crippen molar-refractivity contribution in [1.82, 2.24) is 9.21 Å². The van der Waals surface area contributed by atoms with Crippen LogP contribution in [0.5, 0.6) is 0 Å². The van der Waals surface area contributed by atoms with Gasteiger partial charge in [-0.25, -0.2) is 12.7 Å². The van der Waals surface area contributed by atoms with E-state index < -0.39 is 10.0 Å². The minimum Gasteiger partial charge on any atom is -0.381 e. The normalized spacial score (nSPS) is 21.1. The van der Waals surface area contributed by atoms with Crippen LogP contribution in [0.1, 0.15) is 12.8 Å². The molecule has 1 aromatic carbocycles. The Hall–Kier alpha value is -1.11. The number of likely N-dealkylation sites (tertiary alicyclic amines) is 1. The maximum atomic E-state index is 12.1.